The first kappa shape index (κ1) is 20.1. The summed E-state index contributed by atoms with van der Waals surface area (Å²) in [6, 6.07) is 7.18. The Bertz CT molecular complexity index is 788. The molecule has 0 radical (unpaired) electrons. The van der Waals surface area contributed by atoms with Gasteiger partial charge in [0.1, 0.15) is 0 Å². The lowest BCUT2D eigenvalue weighted by atomic mass is 10.0. The summed E-state index contributed by atoms with van der Waals surface area (Å²) in [7, 11) is 0. The molecule has 2 nitrogen and oxygen atoms in total. The van der Waals surface area contributed by atoms with Gasteiger partial charge in [0.2, 0.25) is 0 Å². The van der Waals surface area contributed by atoms with E-state index in [2.05, 4.69) is 38.8 Å². The summed E-state index contributed by atoms with van der Waals surface area (Å²) < 4.78 is 21.3. The summed E-state index contributed by atoms with van der Waals surface area (Å²) in [5, 5.41) is 0. The number of halogens is 3. The van der Waals surface area contributed by atoms with E-state index in [1.165, 1.54) is 0 Å². The van der Waals surface area contributed by atoms with E-state index >= 15 is 0 Å². The number of carbonyl (C=O) groups excluding carboxylic acids is 1. The first-order chi connectivity index (χ1) is 11.9. The Hall–Kier alpha value is -1.20. The van der Waals surface area contributed by atoms with Crippen molar-refractivity contribution in [2.45, 2.75) is 46.5 Å². The molecule has 0 saturated heterocycles. The molecule has 0 aliphatic carbocycles. The number of hydrogen-bond donors (Lipinski definition) is 0. The van der Waals surface area contributed by atoms with Crippen molar-refractivity contribution < 1.29 is 13.9 Å². The first-order valence-corrected chi connectivity index (χ1v) is 9.90. The van der Waals surface area contributed by atoms with Crippen molar-refractivity contribution in [2.75, 3.05) is 0 Å². The minimum Gasteiger partial charge on any atom is -0.419 e. The van der Waals surface area contributed by atoms with Gasteiger partial charge in [0.05, 0.1) is 10.0 Å². The van der Waals surface area contributed by atoms with Crippen LogP contribution in [-0.2, 0) is 6.42 Å². The summed E-state index contributed by atoms with van der Waals surface area (Å²) in [5.74, 6) is -1.09. The second kappa shape index (κ2) is 8.95. The van der Waals surface area contributed by atoms with E-state index in [-0.39, 0.29) is 5.75 Å². The molecule has 0 fully saturated rings. The molecular weight excluding hydrogens is 451 g/mol. The van der Waals surface area contributed by atoms with E-state index < -0.39 is 11.8 Å². The minimum absolute atomic E-state index is 0.0493. The smallest absolute Gasteiger partial charge is 0.345 e. The molecule has 0 atom stereocenters. The van der Waals surface area contributed by atoms with Crippen molar-refractivity contribution >= 4 is 37.8 Å². The Morgan fingerprint density at radius 3 is 2.44 bits per heavy atom. The second-order valence-corrected chi connectivity index (χ2v) is 7.77. The summed E-state index contributed by atoms with van der Waals surface area (Å²) >= 11 is 6.67. The Kier molecular flexibility index (Phi) is 7.20. The van der Waals surface area contributed by atoms with Gasteiger partial charge < -0.3 is 4.74 Å². The Morgan fingerprint density at radius 2 is 1.76 bits per heavy atom. The fourth-order valence-corrected chi connectivity index (χ4v) is 3.58. The summed E-state index contributed by atoms with van der Waals surface area (Å²) in [6.45, 7) is 5.87. The zero-order valence-corrected chi connectivity index (χ0v) is 17.8. The molecule has 0 N–H and O–H groups in total. The van der Waals surface area contributed by atoms with E-state index in [0.717, 1.165) is 30.4 Å². The molecule has 2 aromatic carbocycles. The highest BCUT2D eigenvalue weighted by Crippen LogP contribution is 2.33. The van der Waals surface area contributed by atoms with Crippen LogP contribution in [0.3, 0.4) is 0 Å². The normalized spacial score (nSPS) is 10.8. The number of aryl methyl sites for hydroxylation is 2. The van der Waals surface area contributed by atoms with Crippen LogP contribution in [0.25, 0.3) is 0 Å². The number of unbranched alkanes of at least 4 members (excludes halogenated alkanes) is 2. The molecule has 0 aromatic heterocycles. The molecule has 0 aliphatic rings. The van der Waals surface area contributed by atoms with Gasteiger partial charge in [0.15, 0.2) is 11.6 Å². The maximum atomic E-state index is 14.8. The highest BCUT2D eigenvalue weighted by Gasteiger charge is 2.21. The summed E-state index contributed by atoms with van der Waals surface area (Å²) in [4.78, 5) is 12.6. The Balaban J connectivity index is 2.32. The second-order valence-electron chi connectivity index (χ2n) is 6.06. The predicted molar refractivity (Wildman–Crippen MR) is 106 cm³/mol. The molecule has 0 saturated carbocycles. The number of carbonyl (C=O) groups is 1. The SMILES string of the molecule is CCCCCc1ccc(Br)c(OC(=O)c2c(Br)ccc(C)c2C)c1F. The van der Waals surface area contributed by atoms with Crippen LogP contribution in [0.4, 0.5) is 4.39 Å². The van der Waals surface area contributed by atoms with E-state index in [1.807, 2.05) is 19.9 Å². The molecule has 134 valence electrons. The molecule has 0 aliphatic heterocycles. The molecule has 0 heterocycles. The molecule has 25 heavy (non-hydrogen) atoms. The van der Waals surface area contributed by atoms with Gasteiger partial charge in [0.25, 0.3) is 0 Å². The van der Waals surface area contributed by atoms with Gasteiger partial charge in [-0.3, -0.25) is 0 Å². The summed E-state index contributed by atoms with van der Waals surface area (Å²) in [6.07, 6.45) is 3.65. The van der Waals surface area contributed by atoms with Gasteiger partial charge in [-0.15, -0.1) is 0 Å². The van der Waals surface area contributed by atoms with Gasteiger partial charge >= 0.3 is 5.97 Å². The molecule has 2 rings (SSSR count). The van der Waals surface area contributed by atoms with Crippen LogP contribution in [0.15, 0.2) is 33.2 Å². The number of benzene rings is 2. The van der Waals surface area contributed by atoms with Crippen molar-refractivity contribution in [1.29, 1.82) is 0 Å². The maximum absolute atomic E-state index is 14.8. The van der Waals surface area contributed by atoms with Crippen LogP contribution < -0.4 is 4.74 Å². The van der Waals surface area contributed by atoms with Gasteiger partial charge in [-0.2, -0.15) is 0 Å². The predicted octanol–water partition coefficient (Wildman–Crippen LogP) is 6.92. The lowest BCUT2D eigenvalue weighted by Crippen LogP contribution is -2.13. The highest BCUT2D eigenvalue weighted by molar-refractivity contribution is 9.10. The van der Waals surface area contributed by atoms with Crippen molar-refractivity contribution in [2.24, 2.45) is 0 Å². The standard InChI is InChI=1S/C20H21Br2FO2/c1-4-5-6-7-14-9-11-16(22)19(18(14)23)25-20(24)17-13(3)12(2)8-10-15(17)21/h8-11H,4-7H2,1-3H3. The molecule has 5 heteroatoms. The molecular formula is C20H21Br2FO2. The van der Waals surface area contributed by atoms with Crippen LogP contribution in [0.1, 0.15) is 53.2 Å². The van der Waals surface area contributed by atoms with Crippen molar-refractivity contribution in [1.82, 2.24) is 0 Å². The molecule has 2 aromatic rings. The first-order valence-electron chi connectivity index (χ1n) is 8.31. The number of esters is 1. The lowest BCUT2D eigenvalue weighted by molar-refractivity contribution is 0.0724. The van der Waals surface area contributed by atoms with Crippen LogP contribution in [0.5, 0.6) is 5.75 Å². The van der Waals surface area contributed by atoms with Crippen LogP contribution in [0, 0.1) is 19.7 Å². The highest BCUT2D eigenvalue weighted by atomic mass is 79.9. The van der Waals surface area contributed by atoms with E-state index in [1.54, 1.807) is 18.2 Å². The van der Waals surface area contributed by atoms with Crippen LogP contribution >= 0.6 is 31.9 Å². The Labute approximate surface area is 165 Å². The van der Waals surface area contributed by atoms with Gasteiger partial charge in [-0.1, -0.05) is 31.9 Å². The maximum Gasteiger partial charge on any atom is 0.345 e. The Morgan fingerprint density at radius 1 is 1.08 bits per heavy atom. The number of hydrogen-bond acceptors (Lipinski definition) is 2. The topological polar surface area (TPSA) is 26.3 Å². The van der Waals surface area contributed by atoms with Crippen LogP contribution in [0.2, 0.25) is 0 Å². The molecule has 0 spiro atoms. The fourth-order valence-electron chi connectivity index (χ4n) is 2.60. The van der Waals surface area contributed by atoms with Gasteiger partial charge in [0, 0.05) is 4.47 Å². The summed E-state index contributed by atoms with van der Waals surface area (Å²) in [5.41, 5.74) is 2.78. The van der Waals surface area contributed by atoms with E-state index in [9.17, 15) is 9.18 Å². The average Bonchev–Trinajstić information content (AvgIpc) is 2.57. The van der Waals surface area contributed by atoms with E-state index in [0.29, 0.717) is 26.5 Å². The third-order valence-corrected chi connectivity index (χ3v) is 5.55. The van der Waals surface area contributed by atoms with Crippen LogP contribution in [-0.4, -0.2) is 5.97 Å². The lowest BCUT2D eigenvalue weighted by Gasteiger charge is -2.14. The van der Waals surface area contributed by atoms with Crippen molar-refractivity contribution in [3.63, 3.8) is 0 Å². The fraction of sp³-hybridized carbons (Fsp3) is 0.350. The average molecular weight is 472 g/mol. The number of ether oxygens (including phenoxy) is 1. The van der Waals surface area contributed by atoms with Crippen molar-refractivity contribution in [3.8, 4) is 5.75 Å². The zero-order valence-electron chi connectivity index (χ0n) is 14.6. The zero-order chi connectivity index (χ0) is 18.6. The largest absolute Gasteiger partial charge is 0.419 e. The van der Waals surface area contributed by atoms with E-state index in [4.69, 9.17) is 4.74 Å². The quantitative estimate of drug-likeness (QED) is 0.259. The van der Waals surface area contributed by atoms with Gasteiger partial charge in [-0.25, -0.2) is 9.18 Å². The number of rotatable bonds is 6. The molecule has 0 unspecified atom stereocenters. The minimum atomic E-state index is -0.571. The van der Waals surface area contributed by atoms with Crippen molar-refractivity contribution in [3.05, 3.63) is 61.3 Å². The monoisotopic (exact) mass is 470 g/mol. The molecule has 0 amide bonds. The third kappa shape index (κ3) is 4.70. The third-order valence-electron chi connectivity index (χ3n) is 4.26. The molecule has 0 bridgehead atoms. The van der Waals surface area contributed by atoms with Gasteiger partial charge in [-0.05, 0) is 87.4 Å².